The fourth-order valence-corrected chi connectivity index (χ4v) is 2.58. The lowest BCUT2D eigenvalue weighted by atomic mass is 9.98. The highest BCUT2D eigenvalue weighted by molar-refractivity contribution is 5.86. The minimum absolute atomic E-state index is 0. The van der Waals surface area contributed by atoms with Crippen molar-refractivity contribution in [2.45, 2.75) is 57.5 Å². The Bertz CT molecular complexity index is 444. The summed E-state index contributed by atoms with van der Waals surface area (Å²) in [6, 6.07) is 0. The molecule has 1 saturated carbocycles. The summed E-state index contributed by atoms with van der Waals surface area (Å²) in [5.41, 5.74) is 5.45. The highest BCUT2D eigenvalue weighted by Gasteiger charge is 2.36. The van der Waals surface area contributed by atoms with Gasteiger partial charge < -0.3 is 15.6 Å². The Hall–Kier alpha value is -0.850. The van der Waals surface area contributed by atoms with Crippen molar-refractivity contribution in [2.75, 3.05) is 6.54 Å². The lowest BCUT2D eigenvalue weighted by Gasteiger charge is -2.22. The van der Waals surface area contributed by atoms with E-state index < -0.39 is 5.54 Å². The first-order valence-corrected chi connectivity index (χ1v) is 6.98. The molecular weight excluding hydrogens is 313 g/mol. The second kappa shape index (κ2) is 8.56. The molecule has 1 aromatic heterocycles. The minimum atomic E-state index is -0.645. The number of hydrogen-bond acceptors (Lipinski definition) is 4. The van der Waals surface area contributed by atoms with E-state index in [1.165, 1.54) is 0 Å². The van der Waals surface area contributed by atoms with Gasteiger partial charge in [0, 0.05) is 19.0 Å². The molecule has 0 aliphatic heterocycles. The Morgan fingerprint density at radius 2 is 2.05 bits per heavy atom. The normalized spacial score (nSPS) is 16.2. The van der Waals surface area contributed by atoms with Crippen molar-refractivity contribution in [2.24, 2.45) is 5.73 Å². The van der Waals surface area contributed by atoms with Gasteiger partial charge in [0.1, 0.15) is 12.2 Å². The van der Waals surface area contributed by atoms with Crippen LogP contribution in [-0.4, -0.2) is 32.8 Å². The molecule has 0 unspecified atom stereocenters. The molecule has 8 heteroatoms. The van der Waals surface area contributed by atoms with E-state index in [0.717, 1.165) is 31.5 Å². The smallest absolute Gasteiger partial charge is 0.240 e. The molecule has 0 bridgehead atoms. The third kappa shape index (κ3) is 4.83. The number of nitrogens with one attached hydrogen (secondary N) is 1. The number of halogens is 2. The van der Waals surface area contributed by atoms with Gasteiger partial charge in [-0.2, -0.15) is 0 Å². The lowest BCUT2D eigenvalue weighted by molar-refractivity contribution is -0.126. The Morgan fingerprint density at radius 1 is 1.43 bits per heavy atom. The SMILES string of the molecule is CC(C)c1nncn1CCNC(=O)C1(N)CCCC1.Cl.Cl. The van der Waals surface area contributed by atoms with Crippen LogP contribution in [0.2, 0.25) is 0 Å². The van der Waals surface area contributed by atoms with E-state index >= 15 is 0 Å². The number of rotatable bonds is 5. The van der Waals surface area contributed by atoms with E-state index in [2.05, 4.69) is 29.4 Å². The van der Waals surface area contributed by atoms with Crippen molar-refractivity contribution in [1.29, 1.82) is 0 Å². The zero-order valence-corrected chi connectivity index (χ0v) is 14.2. The van der Waals surface area contributed by atoms with E-state index in [9.17, 15) is 4.79 Å². The van der Waals surface area contributed by atoms with Crippen LogP contribution in [-0.2, 0) is 11.3 Å². The number of nitrogens with zero attached hydrogens (tertiary/aromatic N) is 3. The van der Waals surface area contributed by atoms with Crippen LogP contribution in [0.3, 0.4) is 0 Å². The predicted octanol–water partition coefficient (Wildman–Crippen LogP) is 1.63. The molecular formula is C13H25Cl2N5O. The Labute approximate surface area is 138 Å². The standard InChI is InChI=1S/C13H23N5O.2ClH/c1-10(2)11-17-16-9-18(11)8-7-15-12(19)13(14)5-3-4-6-13;;/h9-10H,3-8,14H2,1-2H3,(H,15,19);2*1H. The van der Waals surface area contributed by atoms with Crippen molar-refractivity contribution < 1.29 is 4.79 Å². The van der Waals surface area contributed by atoms with Crippen molar-refractivity contribution in [3.63, 3.8) is 0 Å². The first-order valence-electron chi connectivity index (χ1n) is 6.98. The summed E-state index contributed by atoms with van der Waals surface area (Å²) in [7, 11) is 0. The number of aromatic nitrogens is 3. The van der Waals surface area contributed by atoms with Gasteiger partial charge in [0.05, 0.1) is 5.54 Å². The van der Waals surface area contributed by atoms with Crippen LogP contribution in [0.1, 0.15) is 51.3 Å². The van der Waals surface area contributed by atoms with Crippen molar-refractivity contribution in [3.8, 4) is 0 Å². The van der Waals surface area contributed by atoms with Crippen molar-refractivity contribution >= 4 is 30.7 Å². The molecule has 122 valence electrons. The lowest BCUT2D eigenvalue weighted by Crippen LogP contribution is -2.52. The highest BCUT2D eigenvalue weighted by Crippen LogP contribution is 2.27. The quantitative estimate of drug-likeness (QED) is 0.854. The van der Waals surface area contributed by atoms with Gasteiger partial charge in [-0.25, -0.2) is 0 Å². The van der Waals surface area contributed by atoms with Gasteiger partial charge in [0.2, 0.25) is 5.91 Å². The molecule has 0 atom stereocenters. The maximum Gasteiger partial charge on any atom is 0.240 e. The van der Waals surface area contributed by atoms with Gasteiger partial charge >= 0.3 is 0 Å². The zero-order chi connectivity index (χ0) is 13.9. The summed E-state index contributed by atoms with van der Waals surface area (Å²) in [5.74, 6) is 1.25. The second-order valence-corrected chi connectivity index (χ2v) is 5.66. The molecule has 1 aliphatic carbocycles. The molecule has 0 radical (unpaired) electrons. The molecule has 1 heterocycles. The van der Waals surface area contributed by atoms with Gasteiger partial charge in [0.25, 0.3) is 0 Å². The molecule has 1 amide bonds. The summed E-state index contributed by atoms with van der Waals surface area (Å²) in [5, 5.41) is 10.9. The van der Waals surface area contributed by atoms with Crippen LogP contribution in [0.25, 0.3) is 0 Å². The number of carbonyl (C=O) groups excluding carboxylic acids is 1. The van der Waals surface area contributed by atoms with E-state index in [4.69, 9.17) is 5.73 Å². The molecule has 0 saturated heterocycles. The molecule has 1 aliphatic rings. The fourth-order valence-electron chi connectivity index (χ4n) is 2.58. The van der Waals surface area contributed by atoms with E-state index in [1.807, 2.05) is 4.57 Å². The van der Waals surface area contributed by atoms with Crippen LogP contribution in [0.15, 0.2) is 6.33 Å². The molecule has 3 N–H and O–H groups in total. The molecule has 6 nitrogen and oxygen atoms in total. The zero-order valence-electron chi connectivity index (χ0n) is 12.5. The van der Waals surface area contributed by atoms with Gasteiger partial charge in [0.15, 0.2) is 0 Å². The van der Waals surface area contributed by atoms with Crippen LogP contribution < -0.4 is 11.1 Å². The van der Waals surface area contributed by atoms with E-state index in [1.54, 1.807) is 6.33 Å². The molecule has 1 fully saturated rings. The fraction of sp³-hybridized carbons (Fsp3) is 0.769. The first kappa shape index (κ1) is 20.1. The summed E-state index contributed by atoms with van der Waals surface area (Å²) < 4.78 is 1.97. The third-order valence-corrected chi connectivity index (χ3v) is 3.75. The largest absolute Gasteiger partial charge is 0.353 e. The number of nitrogens with two attached hydrogens (primary N) is 1. The molecule has 2 rings (SSSR count). The molecule has 21 heavy (non-hydrogen) atoms. The average molecular weight is 338 g/mol. The molecule has 0 spiro atoms. The molecule has 0 aromatic carbocycles. The highest BCUT2D eigenvalue weighted by atomic mass is 35.5. The predicted molar refractivity (Wildman–Crippen MR) is 87.0 cm³/mol. The van der Waals surface area contributed by atoms with Crippen LogP contribution in [0.4, 0.5) is 0 Å². The number of hydrogen-bond donors (Lipinski definition) is 2. The van der Waals surface area contributed by atoms with Crippen LogP contribution in [0, 0.1) is 0 Å². The second-order valence-electron chi connectivity index (χ2n) is 5.66. The minimum Gasteiger partial charge on any atom is -0.353 e. The van der Waals surface area contributed by atoms with Gasteiger partial charge in [-0.1, -0.05) is 26.7 Å². The average Bonchev–Trinajstić information content (AvgIpc) is 2.98. The Morgan fingerprint density at radius 3 is 2.62 bits per heavy atom. The number of amides is 1. The van der Waals surface area contributed by atoms with Crippen molar-refractivity contribution in [3.05, 3.63) is 12.2 Å². The Kier molecular flexibility index (Phi) is 8.21. The molecule has 1 aromatic rings. The third-order valence-electron chi connectivity index (χ3n) is 3.75. The van der Waals surface area contributed by atoms with E-state index in [0.29, 0.717) is 19.0 Å². The van der Waals surface area contributed by atoms with Crippen molar-refractivity contribution in [1.82, 2.24) is 20.1 Å². The maximum absolute atomic E-state index is 12.0. The first-order chi connectivity index (χ1) is 9.03. The maximum atomic E-state index is 12.0. The van der Waals surface area contributed by atoms with Gasteiger partial charge in [-0.05, 0) is 12.8 Å². The van der Waals surface area contributed by atoms with Crippen LogP contribution in [0.5, 0.6) is 0 Å². The number of carbonyl (C=O) groups is 1. The van der Waals surface area contributed by atoms with E-state index in [-0.39, 0.29) is 30.7 Å². The van der Waals surface area contributed by atoms with Gasteiger partial charge in [-0.15, -0.1) is 35.0 Å². The summed E-state index contributed by atoms with van der Waals surface area (Å²) in [6.07, 6.45) is 5.39. The summed E-state index contributed by atoms with van der Waals surface area (Å²) in [4.78, 5) is 12.0. The monoisotopic (exact) mass is 337 g/mol. The van der Waals surface area contributed by atoms with Gasteiger partial charge in [-0.3, -0.25) is 4.79 Å². The topological polar surface area (TPSA) is 85.8 Å². The Balaban J connectivity index is 0.00000200. The summed E-state index contributed by atoms with van der Waals surface area (Å²) >= 11 is 0. The van der Waals surface area contributed by atoms with Crippen LogP contribution >= 0.6 is 24.8 Å². The summed E-state index contributed by atoms with van der Waals surface area (Å²) in [6.45, 7) is 5.40.